The van der Waals surface area contributed by atoms with Gasteiger partial charge in [-0.15, -0.1) is 5.53 Å². The number of carbonyl (C=O) groups is 1. The number of nitrogens with zero attached hydrogens (tertiary/aromatic N) is 1. The zero-order chi connectivity index (χ0) is 13.1. The minimum Gasteiger partial charge on any atom is -0.466 e. The van der Waals surface area contributed by atoms with E-state index >= 15 is 0 Å². The van der Waals surface area contributed by atoms with Gasteiger partial charge in [-0.05, 0) is 37.1 Å². The Balaban J connectivity index is 2.31. The van der Waals surface area contributed by atoms with E-state index in [1.807, 2.05) is 24.1 Å². The minimum atomic E-state index is -0.351. The first-order chi connectivity index (χ1) is 8.67. The van der Waals surface area contributed by atoms with Gasteiger partial charge in [-0.25, -0.2) is 4.79 Å². The van der Waals surface area contributed by atoms with Crippen molar-refractivity contribution < 1.29 is 9.53 Å². The van der Waals surface area contributed by atoms with Crippen molar-refractivity contribution >= 4 is 23.4 Å². The molecule has 0 fully saturated rings. The van der Waals surface area contributed by atoms with Gasteiger partial charge < -0.3 is 10.2 Å². The van der Waals surface area contributed by atoms with E-state index in [0.29, 0.717) is 0 Å². The Morgan fingerprint density at radius 3 is 2.94 bits per heavy atom. The fraction of sp³-hybridized carbons (Fsp3) is 0.308. The second-order valence-corrected chi connectivity index (χ2v) is 4.01. The Morgan fingerprint density at radius 2 is 2.28 bits per heavy atom. The molecule has 0 saturated carbocycles. The van der Waals surface area contributed by atoms with Crippen LogP contribution in [-0.2, 0) is 9.53 Å². The molecule has 0 atom stereocenters. The monoisotopic (exact) mass is 247 g/mol. The fourth-order valence-electron chi connectivity index (χ4n) is 1.94. The lowest BCUT2D eigenvalue weighted by Gasteiger charge is -2.14. The molecule has 1 aliphatic heterocycles. The number of ether oxygens (including phenoxy) is 1. The van der Waals surface area contributed by atoms with Crippen molar-refractivity contribution in [2.45, 2.75) is 13.8 Å². The van der Waals surface area contributed by atoms with Crippen molar-refractivity contribution in [2.24, 2.45) is 0 Å². The quantitative estimate of drug-likeness (QED) is 0.630. The average molecular weight is 247 g/mol. The van der Waals surface area contributed by atoms with Crippen molar-refractivity contribution in [1.29, 1.82) is 0 Å². The van der Waals surface area contributed by atoms with E-state index in [4.69, 9.17) is 0 Å². The Kier molecular flexibility index (Phi) is 3.53. The van der Waals surface area contributed by atoms with E-state index in [2.05, 4.69) is 22.6 Å². The number of hydrogen-bond donors (Lipinski definition) is 2. The Morgan fingerprint density at radius 1 is 1.50 bits per heavy atom. The van der Waals surface area contributed by atoms with Crippen molar-refractivity contribution in [3.05, 3.63) is 29.3 Å². The molecule has 1 aromatic carbocycles. The van der Waals surface area contributed by atoms with Gasteiger partial charge >= 0.3 is 5.97 Å². The van der Waals surface area contributed by atoms with Crippen LogP contribution in [0.2, 0.25) is 0 Å². The van der Waals surface area contributed by atoms with Gasteiger partial charge in [0.25, 0.3) is 0 Å². The number of esters is 1. The minimum absolute atomic E-state index is 0.351. The van der Waals surface area contributed by atoms with E-state index in [1.54, 1.807) is 6.08 Å². The summed E-state index contributed by atoms with van der Waals surface area (Å²) in [7, 11) is 1.37. The van der Waals surface area contributed by atoms with Crippen LogP contribution in [0.1, 0.15) is 18.1 Å². The molecule has 18 heavy (non-hydrogen) atoms. The van der Waals surface area contributed by atoms with E-state index in [0.717, 1.165) is 29.0 Å². The fourth-order valence-corrected chi connectivity index (χ4v) is 1.94. The number of methoxy groups -OCH3 is 1. The first-order valence-electron chi connectivity index (χ1n) is 5.86. The Labute approximate surface area is 106 Å². The zero-order valence-electron chi connectivity index (χ0n) is 10.8. The highest BCUT2D eigenvalue weighted by molar-refractivity contribution is 5.89. The number of carbonyl (C=O) groups excluding carboxylic acids is 1. The summed E-state index contributed by atoms with van der Waals surface area (Å²) < 4.78 is 4.58. The third kappa shape index (κ3) is 2.17. The molecule has 5 heteroatoms. The van der Waals surface area contributed by atoms with Gasteiger partial charge in [0.05, 0.1) is 18.5 Å². The molecule has 2 N–H and O–H groups in total. The molecule has 0 aliphatic carbocycles. The average Bonchev–Trinajstić information content (AvgIpc) is 2.81. The molecule has 0 amide bonds. The number of fused-ring (bicyclic) bond motifs is 1. The van der Waals surface area contributed by atoms with Gasteiger partial charge in [0.2, 0.25) is 0 Å². The third-order valence-corrected chi connectivity index (χ3v) is 3.01. The maximum atomic E-state index is 11.1. The molecule has 5 nitrogen and oxygen atoms in total. The number of anilines is 2. The molecule has 96 valence electrons. The molecule has 0 radical (unpaired) electrons. The molecule has 1 heterocycles. The van der Waals surface area contributed by atoms with Crippen LogP contribution in [0, 0.1) is 6.92 Å². The normalized spacial score (nSPS) is 13.6. The van der Waals surface area contributed by atoms with E-state index in [-0.39, 0.29) is 5.97 Å². The van der Waals surface area contributed by atoms with Crippen LogP contribution in [-0.4, -0.2) is 19.6 Å². The van der Waals surface area contributed by atoms with Gasteiger partial charge in [-0.1, -0.05) is 6.07 Å². The summed E-state index contributed by atoms with van der Waals surface area (Å²) in [4.78, 5) is 11.1. The molecule has 0 spiro atoms. The summed E-state index contributed by atoms with van der Waals surface area (Å²) in [5.41, 5.74) is 10.5. The van der Waals surface area contributed by atoms with Crippen LogP contribution in [0.15, 0.2) is 18.2 Å². The van der Waals surface area contributed by atoms with Gasteiger partial charge in [0, 0.05) is 12.6 Å². The lowest BCUT2D eigenvalue weighted by Crippen LogP contribution is -2.35. The van der Waals surface area contributed by atoms with Gasteiger partial charge in [0.15, 0.2) is 0 Å². The molecule has 1 aliphatic rings. The van der Waals surface area contributed by atoms with Gasteiger partial charge in [0.1, 0.15) is 0 Å². The van der Waals surface area contributed by atoms with Gasteiger partial charge in [-0.3, -0.25) is 5.01 Å². The van der Waals surface area contributed by atoms with Crippen LogP contribution in [0.4, 0.5) is 11.4 Å². The first-order valence-corrected chi connectivity index (χ1v) is 5.86. The second kappa shape index (κ2) is 5.10. The summed E-state index contributed by atoms with van der Waals surface area (Å²) in [6.45, 7) is 4.96. The molecular weight excluding hydrogens is 230 g/mol. The molecule has 0 unspecified atom stereocenters. The molecule has 0 aromatic heterocycles. The number of benzene rings is 1. The van der Waals surface area contributed by atoms with Crippen molar-refractivity contribution in [2.75, 3.05) is 24.1 Å². The van der Waals surface area contributed by atoms with E-state index in [9.17, 15) is 4.79 Å². The Hall–Kier alpha value is -2.01. The number of nitrogens with one attached hydrogen (secondary N) is 2. The van der Waals surface area contributed by atoms with Crippen molar-refractivity contribution in [3.63, 3.8) is 0 Å². The van der Waals surface area contributed by atoms with Crippen LogP contribution in [0.3, 0.4) is 0 Å². The highest BCUT2D eigenvalue weighted by atomic mass is 16.5. The molecule has 1 aromatic rings. The van der Waals surface area contributed by atoms with E-state index < -0.39 is 0 Å². The topological polar surface area (TPSA) is 53.6 Å². The van der Waals surface area contributed by atoms with Crippen molar-refractivity contribution in [1.82, 2.24) is 5.53 Å². The van der Waals surface area contributed by atoms with Crippen LogP contribution in [0.25, 0.3) is 6.08 Å². The predicted octanol–water partition coefficient (Wildman–Crippen LogP) is 1.85. The second-order valence-electron chi connectivity index (χ2n) is 4.01. The lowest BCUT2D eigenvalue weighted by molar-refractivity contribution is -0.134. The SMILES string of the molecule is CCN1NNc2c1ccc(/C=C/C(=O)OC)c2C. The van der Waals surface area contributed by atoms with Crippen LogP contribution < -0.4 is 16.0 Å². The summed E-state index contributed by atoms with van der Waals surface area (Å²) in [6, 6.07) is 4.01. The summed E-state index contributed by atoms with van der Waals surface area (Å²) >= 11 is 0. The molecule has 0 bridgehead atoms. The lowest BCUT2D eigenvalue weighted by atomic mass is 10.0. The van der Waals surface area contributed by atoms with Gasteiger partial charge in [-0.2, -0.15) is 0 Å². The first kappa shape index (κ1) is 12.4. The highest BCUT2D eigenvalue weighted by Crippen LogP contribution is 2.34. The van der Waals surface area contributed by atoms with Crippen LogP contribution in [0.5, 0.6) is 0 Å². The van der Waals surface area contributed by atoms with E-state index in [1.165, 1.54) is 13.2 Å². The zero-order valence-corrected chi connectivity index (χ0v) is 10.8. The summed E-state index contributed by atoms with van der Waals surface area (Å²) in [6.07, 6.45) is 3.19. The number of rotatable bonds is 3. The predicted molar refractivity (Wildman–Crippen MR) is 72.0 cm³/mol. The van der Waals surface area contributed by atoms with Crippen LogP contribution >= 0.6 is 0 Å². The molecule has 0 saturated heterocycles. The third-order valence-electron chi connectivity index (χ3n) is 3.01. The Bertz CT molecular complexity index is 497. The van der Waals surface area contributed by atoms with Crippen molar-refractivity contribution in [3.8, 4) is 0 Å². The summed E-state index contributed by atoms with van der Waals surface area (Å²) in [5.74, 6) is -0.351. The smallest absolute Gasteiger partial charge is 0.330 e. The number of hydrazine groups is 2. The maximum Gasteiger partial charge on any atom is 0.330 e. The molecular formula is C13H17N3O2. The maximum absolute atomic E-state index is 11.1. The summed E-state index contributed by atoms with van der Waals surface area (Å²) in [5, 5.41) is 2.02. The number of hydrogen-bond acceptors (Lipinski definition) is 5. The largest absolute Gasteiger partial charge is 0.466 e. The highest BCUT2D eigenvalue weighted by Gasteiger charge is 2.19. The standard InChI is InChI=1S/C13H17N3O2/c1-4-16-11-7-5-10(6-8-12(17)18-3)9(2)13(11)14-15-16/h5-8,14-15H,4H2,1-3H3/b8-6+. The molecule has 2 rings (SSSR count).